The zero-order chi connectivity index (χ0) is 21.4. The maximum atomic E-state index is 12.6. The van der Waals surface area contributed by atoms with Gasteiger partial charge < -0.3 is 11.1 Å². The van der Waals surface area contributed by atoms with Crippen LogP contribution >= 0.6 is 0 Å². The van der Waals surface area contributed by atoms with Crippen molar-refractivity contribution in [1.82, 2.24) is 10.3 Å². The third kappa shape index (κ3) is 7.06. The molecule has 162 valence electrons. The second kappa shape index (κ2) is 12.4. The van der Waals surface area contributed by atoms with Crippen molar-refractivity contribution in [3.63, 3.8) is 0 Å². The smallest absolute Gasteiger partial charge is 0.381 e. The van der Waals surface area contributed by atoms with Crippen molar-refractivity contribution in [1.29, 1.82) is 0 Å². The number of nitrogens with one attached hydrogen (secondary N) is 1. The maximum absolute atomic E-state index is 12.6. The fourth-order valence-corrected chi connectivity index (χ4v) is 3.03. The van der Waals surface area contributed by atoms with Gasteiger partial charge in [0.15, 0.2) is 0 Å². The molecule has 0 spiro atoms. The molecular formula is C23H29F3N3U-. The average Bonchev–Trinajstić information content (AvgIpc) is 2.87. The predicted molar refractivity (Wildman–Crippen MR) is 111 cm³/mol. The van der Waals surface area contributed by atoms with Crippen molar-refractivity contribution >= 4 is 11.4 Å². The average molecular weight is 643 g/mol. The summed E-state index contributed by atoms with van der Waals surface area (Å²) < 4.78 is 37.9. The van der Waals surface area contributed by atoms with Crippen LogP contribution in [0.1, 0.15) is 57.6 Å². The molecule has 1 saturated carbocycles. The second-order valence-electron chi connectivity index (χ2n) is 7.02. The molecule has 2 aromatic rings. The molecule has 0 amide bonds. The van der Waals surface area contributed by atoms with Gasteiger partial charge in [-0.15, -0.1) is 29.8 Å². The number of hydrogen-bond donors (Lipinski definition) is 2. The molecule has 2 heterocycles. The predicted octanol–water partition coefficient (Wildman–Crippen LogP) is 3.95. The summed E-state index contributed by atoms with van der Waals surface area (Å²) in [6.07, 6.45) is 4.03. The summed E-state index contributed by atoms with van der Waals surface area (Å²) >= 11 is 0. The molecule has 4 rings (SSSR count). The van der Waals surface area contributed by atoms with Crippen LogP contribution in [-0.4, -0.2) is 11.5 Å². The molecule has 0 bridgehead atoms. The Morgan fingerprint density at radius 3 is 2.30 bits per heavy atom. The fraction of sp³-hybridized carbons (Fsp3) is 0.435. The van der Waals surface area contributed by atoms with Crippen LogP contribution in [0.25, 0.3) is 11.4 Å². The van der Waals surface area contributed by atoms with Crippen LogP contribution in [0, 0.1) is 43.1 Å². The summed E-state index contributed by atoms with van der Waals surface area (Å²) in [5.74, 6) is 1.06. The van der Waals surface area contributed by atoms with Gasteiger partial charge in [-0.3, -0.25) is 4.98 Å². The van der Waals surface area contributed by atoms with Gasteiger partial charge in [-0.2, -0.15) is 13.2 Å². The topological polar surface area (TPSA) is 50.9 Å². The van der Waals surface area contributed by atoms with Gasteiger partial charge in [-0.25, -0.2) is 0 Å². The zero-order valence-electron chi connectivity index (χ0n) is 17.7. The van der Waals surface area contributed by atoms with E-state index in [4.69, 9.17) is 5.73 Å². The van der Waals surface area contributed by atoms with E-state index < -0.39 is 11.7 Å². The number of fused-ring (bicyclic) bond motifs is 1. The van der Waals surface area contributed by atoms with E-state index in [0.717, 1.165) is 28.5 Å². The first kappa shape index (κ1) is 26.6. The van der Waals surface area contributed by atoms with Crippen LogP contribution < -0.4 is 21.5 Å². The van der Waals surface area contributed by atoms with Gasteiger partial charge in [0.1, 0.15) is 0 Å². The Bertz CT molecular complexity index is 905. The number of rotatable bonds is 1. The van der Waals surface area contributed by atoms with Crippen LogP contribution in [0.3, 0.4) is 0 Å². The van der Waals surface area contributed by atoms with Gasteiger partial charge in [-0.1, -0.05) is 40.0 Å². The van der Waals surface area contributed by atoms with Gasteiger partial charge in [0.05, 0.1) is 0 Å². The van der Waals surface area contributed by atoms with Crippen molar-refractivity contribution in [2.24, 2.45) is 11.7 Å². The Hall–Kier alpha value is -1.45. The quantitative estimate of drug-likeness (QED) is 0.464. The normalized spacial score (nSPS) is 15.5. The number of halogens is 3. The number of hydrogen-bond acceptors (Lipinski definition) is 3. The third-order valence-corrected chi connectivity index (χ3v) is 4.94. The van der Waals surface area contributed by atoms with Gasteiger partial charge in [0.25, 0.3) is 0 Å². The standard InChI is InChI=1S/C16H13F3N3.C5H10.C2H6.U/c17-16(18,19)11-3-1-10(2-4-11)15-12-5-7-21-9-13(12)14(20)6-8-22-15;1-5-3-2-4-5;1-2;/h1,3-5,7,9,22H,6,8,20H2;5H,2-4H2,1H3;1-2H3;/q-1;;;. The molecule has 1 aromatic carbocycles. The molecule has 3 N–H and O–H groups in total. The van der Waals surface area contributed by atoms with Crippen LogP contribution in [0.5, 0.6) is 0 Å². The van der Waals surface area contributed by atoms with Gasteiger partial charge >= 0.3 is 6.18 Å². The minimum absolute atomic E-state index is 0. The Labute approximate surface area is 200 Å². The van der Waals surface area contributed by atoms with E-state index in [-0.39, 0.29) is 31.1 Å². The first-order chi connectivity index (χ1) is 13.9. The molecule has 7 heteroatoms. The summed E-state index contributed by atoms with van der Waals surface area (Å²) in [6.45, 7) is 6.91. The molecule has 0 radical (unpaired) electrons. The van der Waals surface area contributed by atoms with Gasteiger partial charge in [0.2, 0.25) is 0 Å². The largest absolute Gasteiger partial charge is 0.422 e. The van der Waals surface area contributed by atoms with E-state index in [0.29, 0.717) is 29.9 Å². The van der Waals surface area contributed by atoms with E-state index in [2.05, 4.69) is 23.3 Å². The number of nitrogens with zero attached hydrogens (tertiary/aromatic N) is 1. The maximum Gasteiger partial charge on any atom is 0.381 e. The Kier molecular flexibility index (Phi) is 11.0. The molecule has 0 unspecified atom stereocenters. The molecule has 2 aliphatic rings. The van der Waals surface area contributed by atoms with E-state index in [9.17, 15) is 13.2 Å². The molecule has 30 heavy (non-hydrogen) atoms. The molecule has 1 aliphatic carbocycles. The number of aromatic nitrogens is 1. The van der Waals surface area contributed by atoms with Crippen molar-refractivity contribution in [3.8, 4) is 0 Å². The van der Waals surface area contributed by atoms with Crippen molar-refractivity contribution in [2.45, 2.75) is 52.6 Å². The fourth-order valence-electron chi connectivity index (χ4n) is 3.03. The summed E-state index contributed by atoms with van der Waals surface area (Å²) in [4.78, 5) is 4.06. The van der Waals surface area contributed by atoms with E-state index >= 15 is 0 Å². The van der Waals surface area contributed by atoms with Crippen LogP contribution in [0.15, 0.2) is 36.7 Å². The number of alkyl halides is 3. The van der Waals surface area contributed by atoms with Gasteiger partial charge in [-0.05, 0) is 28.5 Å². The van der Waals surface area contributed by atoms with Crippen molar-refractivity contribution < 1.29 is 44.3 Å². The Morgan fingerprint density at radius 2 is 1.80 bits per heavy atom. The zero-order valence-corrected chi connectivity index (χ0v) is 21.9. The minimum atomic E-state index is -4.36. The summed E-state index contributed by atoms with van der Waals surface area (Å²) in [5, 5.41) is 4.84. The van der Waals surface area contributed by atoms with Gasteiger partial charge in [0, 0.05) is 67.4 Å². The monoisotopic (exact) mass is 642 g/mol. The third-order valence-electron chi connectivity index (χ3n) is 4.94. The number of nitrogens with two attached hydrogens (primary N) is 1. The summed E-state index contributed by atoms with van der Waals surface area (Å²) in [5.41, 5.74) is 7.30. The summed E-state index contributed by atoms with van der Waals surface area (Å²) in [6, 6.07) is 7.93. The van der Waals surface area contributed by atoms with Crippen molar-refractivity contribution in [2.75, 3.05) is 6.54 Å². The molecule has 1 aromatic heterocycles. The Morgan fingerprint density at radius 1 is 1.13 bits per heavy atom. The first-order valence-corrected chi connectivity index (χ1v) is 10.1. The van der Waals surface area contributed by atoms with E-state index in [1.807, 2.05) is 13.8 Å². The molecule has 0 atom stereocenters. The summed E-state index contributed by atoms with van der Waals surface area (Å²) in [7, 11) is 0. The minimum Gasteiger partial charge on any atom is -0.422 e. The second-order valence-corrected chi connectivity index (χ2v) is 7.02. The molecular weight excluding hydrogens is 613 g/mol. The van der Waals surface area contributed by atoms with Crippen LogP contribution in [0.4, 0.5) is 13.2 Å². The number of benzene rings is 1. The SMILES string of the molecule is CC.CC1CCC1.NC1=c2cnccc2=C(c2[c-]cc(C(F)(F)F)cc2)NCC1.[U]. The molecule has 3 nitrogen and oxygen atoms in total. The van der Waals surface area contributed by atoms with E-state index in [1.54, 1.807) is 18.5 Å². The molecule has 1 fully saturated rings. The molecule has 1 aliphatic heterocycles. The Balaban J connectivity index is 0.000000485. The van der Waals surface area contributed by atoms with Crippen LogP contribution in [0.2, 0.25) is 0 Å². The number of pyridine rings is 1. The van der Waals surface area contributed by atoms with Crippen LogP contribution in [-0.2, 0) is 6.18 Å². The van der Waals surface area contributed by atoms with E-state index in [1.165, 1.54) is 25.3 Å². The van der Waals surface area contributed by atoms with Crippen molar-refractivity contribution in [3.05, 3.63) is 64.3 Å². The molecule has 0 saturated heterocycles. The first-order valence-electron chi connectivity index (χ1n) is 10.1.